The smallest absolute Gasteiger partial charge is 0.261 e. The molecule has 148 valence electrons. The van der Waals surface area contributed by atoms with Gasteiger partial charge in [0.2, 0.25) is 0 Å². The van der Waals surface area contributed by atoms with Crippen LogP contribution in [0.1, 0.15) is 27.9 Å². The van der Waals surface area contributed by atoms with Crippen molar-refractivity contribution < 1.29 is 18.1 Å². The molecule has 1 unspecified atom stereocenters. The van der Waals surface area contributed by atoms with Crippen molar-refractivity contribution in [2.24, 2.45) is 0 Å². The third-order valence-electron chi connectivity index (χ3n) is 4.54. The summed E-state index contributed by atoms with van der Waals surface area (Å²) in [5.74, 6) is -1.23. The minimum absolute atomic E-state index is 0.00388. The lowest BCUT2D eigenvalue weighted by Crippen LogP contribution is -2.31. The Bertz CT molecular complexity index is 1110. The van der Waals surface area contributed by atoms with Crippen LogP contribution in [0.5, 0.6) is 5.75 Å². The summed E-state index contributed by atoms with van der Waals surface area (Å²) in [6.45, 7) is -0.0174. The number of carbonyl (C=O) groups is 1. The Labute approximate surface area is 161 Å². The molecule has 1 aliphatic rings. The molecular formula is C19H20FN3O4S. The third-order valence-corrected chi connectivity index (χ3v) is 6.07. The Morgan fingerprint density at radius 2 is 2.21 bits per heavy atom. The minimum atomic E-state index is -3.38. The maximum atomic E-state index is 13.8. The van der Waals surface area contributed by atoms with Gasteiger partial charge in [-0.15, -0.1) is 0 Å². The van der Waals surface area contributed by atoms with Crippen LogP contribution in [0, 0.1) is 10.6 Å². The molecule has 0 saturated heterocycles. The molecule has 0 saturated carbocycles. The van der Waals surface area contributed by atoms with Crippen LogP contribution in [0.2, 0.25) is 0 Å². The molecule has 3 N–H and O–H groups in total. The predicted octanol–water partition coefficient (Wildman–Crippen LogP) is 2.36. The Kier molecular flexibility index (Phi) is 5.64. The summed E-state index contributed by atoms with van der Waals surface area (Å²) in [6, 6.07) is 3.65. The summed E-state index contributed by atoms with van der Waals surface area (Å²) in [7, 11) is -2.07. The summed E-state index contributed by atoms with van der Waals surface area (Å²) in [4.78, 5) is 27.0. The molecule has 1 heterocycles. The Morgan fingerprint density at radius 1 is 1.43 bits per heavy atom. The number of ether oxygens (including phenoxy) is 1. The molecule has 0 radical (unpaired) electrons. The number of nitrogens with one attached hydrogen (secondary N) is 3. The molecule has 9 heteroatoms. The van der Waals surface area contributed by atoms with E-state index in [1.807, 2.05) is 0 Å². The monoisotopic (exact) mass is 405 g/mol. The van der Waals surface area contributed by atoms with Crippen LogP contribution in [0.4, 0.5) is 4.39 Å². The molecule has 2 aromatic rings. The van der Waals surface area contributed by atoms with Crippen molar-refractivity contribution >= 4 is 15.6 Å². The van der Waals surface area contributed by atoms with Crippen molar-refractivity contribution in [2.45, 2.75) is 24.2 Å². The van der Waals surface area contributed by atoms with E-state index in [-0.39, 0.29) is 22.8 Å². The van der Waals surface area contributed by atoms with E-state index < -0.39 is 27.0 Å². The number of pyridine rings is 1. The number of hydrogen-bond donors (Lipinski definition) is 3. The molecule has 1 aromatic heterocycles. The molecule has 0 fully saturated rings. The second-order valence-corrected chi connectivity index (χ2v) is 8.27. The maximum absolute atomic E-state index is 13.8. The number of aromatic nitrogens is 1. The van der Waals surface area contributed by atoms with Crippen LogP contribution in [0.15, 0.2) is 45.6 Å². The standard InChI is InChI=1S/C19H20FN3O4S/c1-27-16-7-6-13(10-15(16)20)28(21,26)9-3-8-22-18(24)17-14-5-2-4-12(14)11-23-19(17)25/h3,6-7,9-11,21H,2,4-5,8H2,1H3,(H,22,24)(H,23,25)/b9-3+. The zero-order chi connectivity index (χ0) is 20.3. The van der Waals surface area contributed by atoms with Gasteiger partial charge < -0.3 is 15.0 Å². The number of aryl methyl sites for hydroxylation is 1. The van der Waals surface area contributed by atoms with Crippen molar-refractivity contribution in [2.75, 3.05) is 13.7 Å². The van der Waals surface area contributed by atoms with Gasteiger partial charge >= 0.3 is 0 Å². The van der Waals surface area contributed by atoms with Crippen molar-refractivity contribution in [1.29, 1.82) is 4.78 Å². The fourth-order valence-electron chi connectivity index (χ4n) is 3.15. The number of methoxy groups -OCH3 is 1. The number of hydrogen-bond acceptors (Lipinski definition) is 5. The Balaban J connectivity index is 1.69. The van der Waals surface area contributed by atoms with E-state index in [1.54, 1.807) is 6.20 Å². The van der Waals surface area contributed by atoms with Gasteiger partial charge in [0.1, 0.15) is 5.56 Å². The van der Waals surface area contributed by atoms with Crippen LogP contribution >= 0.6 is 0 Å². The van der Waals surface area contributed by atoms with Gasteiger partial charge in [0.05, 0.1) is 21.7 Å². The van der Waals surface area contributed by atoms with E-state index in [0.29, 0.717) is 6.42 Å². The molecule has 3 rings (SSSR count). The number of H-pyrrole nitrogens is 1. The van der Waals surface area contributed by atoms with E-state index in [1.165, 1.54) is 25.3 Å². The number of rotatable bonds is 6. The number of fused-ring (bicyclic) bond motifs is 1. The lowest BCUT2D eigenvalue weighted by molar-refractivity contribution is 0.0955. The summed E-state index contributed by atoms with van der Waals surface area (Å²) in [5.41, 5.74) is 1.39. The lowest BCUT2D eigenvalue weighted by atomic mass is 10.1. The highest BCUT2D eigenvalue weighted by molar-refractivity contribution is 7.95. The molecule has 1 amide bonds. The maximum Gasteiger partial charge on any atom is 0.261 e. The topological polar surface area (TPSA) is 112 Å². The van der Waals surface area contributed by atoms with E-state index in [4.69, 9.17) is 9.52 Å². The van der Waals surface area contributed by atoms with Gasteiger partial charge in [0.25, 0.3) is 11.5 Å². The average Bonchev–Trinajstić information content (AvgIpc) is 3.13. The third kappa shape index (κ3) is 3.99. The van der Waals surface area contributed by atoms with E-state index in [2.05, 4.69) is 10.3 Å². The predicted molar refractivity (Wildman–Crippen MR) is 103 cm³/mol. The minimum Gasteiger partial charge on any atom is -0.494 e. The van der Waals surface area contributed by atoms with Gasteiger partial charge in [0.15, 0.2) is 11.6 Å². The van der Waals surface area contributed by atoms with E-state index >= 15 is 0 Å². The second-order valence-electron chi connectivity index (χ2n) is 6.33. The van der Waals surface area contributed by atoms with Gasteiger partial charge in [-0.2, -0.15) is 0 Å². The largest absolute Gasteiger partial charge is 0.494 e. The number of halogens is 1. The first kappa shape index (κ1) is 19.8. The summed E-state index contributed by atoms with van der Waals surface area (Å²) in [5, 5.41) is 3.68. The second kappa shape index (κ2) is 7.97. The first-order valence-corrected chi connectivity index (χ1v) is 10.3. The highest BCUT2D eigenvalue weighted by Crippen LogP contribution is 2.23. The van der Waals surface area contributed by atoms with Gasteiger partial charge in [-0.3, -0.25) is 9.59 Å². The lowest BCUT2D eigenvalue weighted by Gasteiger charge is -2.08. The van der Waals surface area contributed by atoms with Crippen molar-refractivity contribution in [1.82, 2.24) is 10.3 Å². The number of amides is 1. The molecule has 1 atom stereocenters. The molecule has 0 spiro atoms. The highest BCUT2D eigenvalue weighted by atomic mass is 32.2. The van der Waals surface area contributed by atoms with Crippen molar-refractivity contribution in [3.05, 3.63) is 68.7 Å². The molecule has 1 aromatic carbocycles. The number of benzene rings is 1. The Morgan fingerprint density at radius 3 is 2.93 bits per heavy atom. The van der Waals surface area contributed by atoms with Gasteiger partial charge in [0, 0.05) is 18.1 Å². The summed E-state index contributed by atoms with van der Waals surface area (Å²) in [6.07, 6.45) is 5.40. The Hall–Kier alpha value is -2.94. The fourth-order valence-corrected chi connectivity index (χ4v) is 4.23. The van der Waals surface area contributed by atoms with Crippen LogP contribution in [0.25, 0.3) is 0 Å². The number of aromatic amines is 1. The highest BCUT2D eigenvalue weighted by Gasteiger charge is 2.22. The van der Waals surface area contributed by atoms with E-state index in [0.717, 1.165) is 35.4 Å². The quantitative estimate of drug-likeness (QED) is 0.685. The first-order chi connectivity index (χ1) is 13.3. The average molecular weight is 405 g/mol. The first-order valence-electron chi connectivity index (χ1n) is 8.64. The molecule has 0 bridgehead atoms. The normalized spacial score (nSPS) is 15.2. The molecule has 28 heavy (non-hydrogen) atoms. The van der Waals surface area contributed by atoms with Crippen LogP contribution in [-0.4, -0.2) is 28.8 Å². The van der Waals surface area contributed by atoms with Gasteiger partial charge in [-0.1, -0.05) is 6.08 Å². The van der Waals surface area contributed by atoms with Gasteiger partial charge in [-0.05, 0) is 48.6 Å². The van der Waals surface area contributed by atoms with E-state index in [9.17, 15) is 18.2 Å². The number of carbonyl (C=O) groups excluding carboxylic acids is 1. The fraction of sp³-hybridized carbons (Fsp3) is 0.263. The molecular weight excluding hydrogens is 385 g/mol. The molecule has 1 aliphatic carbocycles. The van der Waals surface area contributed by atoms with Crippen molar-refractivity contribution in [3.8, 4) is 5.75 Å². The van der Waals surface area contributed by atoms with Crippen LogP contribution in [0.3, 0.4) is 0 Å². The van der Waals surface area contributed by atoms with Gasteiger partial charge in [-0.25, -0.2) is 13.4 Å². The molecule has 0 aliphatic heterocycles. The SMILES string of the molecule is COc1ccc(S(=N)(=O)/C=C/CNC(=O)c2c3c(c[nH]c2=O)CCC3)cc1F. The van der Waals surface area contributed by atoms with Crippen LogP contribution < -0.4 is 15.6 Å². The molecule has 7 nitrogen and oxygen atoms in total. The zero-order valence-corrected chi connectivity index (χ0v) is 16.0. The summed E-state index contributed by atoms with van der Waals surface area (Å²) < 4.78 is 39.0. The van der Waals surface area contributed by atoms with Crippen LogP contribution in [-0.2, 0) is 22.6 Å². The summed E-state index contributed by atoms with van der Waals surface area (Å²) >= 11 is 0. The zero-order valence-electron chi connectivity index (χ0n) is 15.2. The van der Waals surface area contributed by atoms with Crippen molar-refractivity contribution in [3.63, 3.8) is 0 Å².